The summed E-state index contributed by atoms with van der Waals surface area (Å²) in [5.41, 5.74) is 2.29. The molecule has 3 heteroatoms. The molecule has 1 heterocycles. The number of nitrogens with one attached hydrogen (secondary N) is 1. The molecule has 0 saturated heterocycles. The van der Waals surface area contributed by atoms with Crippen LogP contribution < -0.4 is 10.2 Å². The Morgan fingerprint density at radius 2 is 2.31 bits per heavy atom. The van der Waals surface area contributed by atoms with Crippen LogP contribution in [0.3, 0.4) is 0 Å². The molecule has 1 rings (SSSR count). The van der Waals surface area contributed by atoms with E-state index in [4.69, 9.17) is 0 Å². The Balaban J connectivity index is 2.65. The molecule has 0 aliphatic rings. The van der Waals surface area contributed by atoms with Crippen LogP contribution in [-0.4, -0.2) is 32.2 Å². The third-order valence-electron chi connectivity index (χ3n) is 2.09. The Kier molecular flexibility index (Phi) is 3.71. The number of aryl methyl sites for hydroxylation is 1. The molecule has 72 valence electrons. The number of aromatic nitrogens is 1. The third kappa shape index (κ3) is 2.70. The zero-order valence-electron chi connectivity index (χ0n) is 8.54. The number of likely N-dealkylation sites (N-methyl/N-ethyl adjacent to an activating group) is 2. The molecular weight excluding hydrogens is 162 g/mol. The van der Waals surface area contributed by atoms with Crippen molar-refractivity contribution in [2.24, 2.45) is 0 Å². The summed E-state index contributed by atoms with van der Waals surface area (Å²) in [4.78, 5) is 6.45. The first kappa shape index (κ1) is 9.99. The highest BCUT2D eigenvalue weighted by Crippen LogP contribution is 2.14. The van der Waals surface area contributed by atoms with Crippen molar-refractivity contribution in [2.75, 3.05) is 32.1 Å². The molecule has 0 saturated carbocycles. The number of hydrogen-bond donors (Lipinski definition) is 1. The predicted octanol–water partition coefficient (Wildman–Crippen LogP) is 1.05. The van der Waals surface area contributed by atoms with Gasteiger partial charge in [-0.1, -0.05) is 0 Å². The largest absolute Gasteiger partial charge is 0.372 e. The van der Waals surface area contributed by atoms with Crippen LogP contribution in [-0.2, 0) is 0 Å². The van der Waals surface area contributed by atoms with Gasteiger partial charge in [-0.2, -0.15) is 0 Å². The van der Waals surface area contributed by atoms with Gasteiger partial charge in [-0.05, 0) is 26.1 Å². The molecule has 0 aliphatic heterocycles. The summed E-state index contributed by atoms with van der Waals surface area (Å²) in [5, 5.41) is 3.13. The quantitative estimate of drug-likeness (QED) is 0.748. The monoisotopic (exact) mass is 179 g/mol. The highest BCUT2D eigenvalue weighted by molar-refractivity contribution is 5.48. The van der Waals surface area contributed by atoms with Crippen LogP contribution in [0.5, 0.6) is 0 Å². The van der Waals surface area contributed by atoms with Gasteiger partial charge in [0.25, 0.3) is 0 Å². The second-order valence-corrected chi connectivity index (χ2v) is 3.13. The van der Waals surface area contributed by atoms with E-state index in [2.05, 4.69) is 28.3 Å². The Bertz CT molecular complexity index is 260. The molecule has 0 amide bonds. The molecule has 1 aromatic rings. The normalized spacial score (nSPS) is 10.1. The van der Waals surface area contributed by atoms with E-state index in [9.17, 15) is 0 Å². The fourth-order valence-electron chi connectivity index (χ4n) is 1.28. The molecule has 0 radical (unpaired) electrons. The average Bonchev–Trinajstić information content (AvgIpc) is 2.15. The first-order valence-electron chi connectivity index (χ1n) is 4.53. The van der Waals surface area contributed by atoms with Crippen molar-refractivity contribution in [1.29, 1.82) is 0 Å². The van der Waals surface area contributed by atoms with E-state index < -0.39 is 0 Å². The van der Waals surface area contributed by atoms with Crippen LogP contribution in [0.25, 0.3) is 0 Å². The summed E-state index contributed by atoms with van der Waals surface area (Å²) in [6.45, 7) is 4.03. The van der Waals surface area contributed by atoms with Crippen LogP contribution in [0.15, 0.2) is 18.3 Å². The molecule has 0 bridgehead atoms. The maximum Gasteiger partial charge on any atom is 0.0605 e. The zero-order chi connectivity index (χ0) is 9.68. The lowest BCUT2D eigenvalue weighted by Crippen LogP contribution is -2.27. The predicted molar refractivity (Wildman–Crippen MR) is 56.2 cm³/mol. The van der Waals surface area contributed by atoms with E-state index in [1.54, 1.807) is 0 Å². The average molecular weight is 179 g/mol. The molecule has 0 aromatic carbocycles. The standard InChI is InChI=1S/C10H17N3/c1-9-10(5-4-6-12-9)13(3)8-7-11-2/h4-6,11H,7-8H2,1-3H3. The molecule has 0 atom stereocenters. The maximum atomic E-state index is 4.25. The number of pyridine rings is 1. The second kappa shape index (κ2) is 4.82. The SMILES string of the molecule is CNCCN(C)c1cccnc1C. The first-order chi connectivity index (χ1) is 6.25. The highest BCUT2D eigenvalue weighted by atomic mass is 15.1. The lowest BCUT2D eigenvalue weighted by Gasteiger charge is -2.20. The minimum absolute atomic E-state index is 0.991. The summed E-state index contributed by atoms with van der Waals surface area (Å²) in [6.07, 6.45) is 1.82. The van der Waals surface area contributed by atoms with Gasteiger partial charge in [0, 0.05) is 26.3 Å². The van der Waals surface area contributed by atoms with Crippen molar-refractivity contribution in [2.45, 2.75) is 6.92 Å². The van der Waals surface area contributed by atoms with Gasteiger partial charge in [-0.25, -0.2) is 0 Å². The van der Waals surface area contributed by atoms with Gasteiger partial charge in [0.05, 0.1) is 11.4 Å². The molecule has 1 N–H and O–H groups in total. The summed E-state index contributed by atoms with van der Waals surface area (Å²) >= 11 is 0. The zero-order valence-corrected chi connectivity index (χ0v) is 8.54. The molecule has 1 aromatic heterocycles. The van der Waals surface area contributed by atoms with Gasteiger partial charge in [-0.3, -0.25) is 4.98 Å². The number of rotatable bonds is 4. The van der Waals surface area contributed by atoms with Gasteiger partial charge in [0.2, 0.25) is 0 Å². The lowest BCUT2D eigenvalue weighted by atomic mass is 10.3. The van der Waals surface area contributed by atoms with Crippen molar-refractivity contribution in [3.63, 3.8) is 0 Å². The molecule has 0 aliphatic carbocycles. The Morgan fingerprint density at radius 1 is 1.54 bits per heavy atom. The Labute approximate surface area is 79.8 Å². The summed E-state index contributed by atoms with van der Waals surface area (Å²) in [7, 11) is 4.05. The summed E-state index contributed by atoms with van der Waals surface area (Å²) < 4.78 is 0. The van der Waals surface area contributed by atoms with Crippen LogP contribution >= 0.6 is 0 Å². The van der Waals surface area contributed by atoms with E-state index >= 15 is 0 Å². The first-order valence-corrected chi connectivity index (χ1v) is 4.53. The van der Waals surface area contributed by atoms with Gasteiger partial charge in [0.15, 0.2) is 0 Å². The molecule has 13 heavy (non-hydrogen) atoms. The van der Waals surface area contributed by atoms with Gasteiger partial charge in [0.1, 0.15) is 0 Å². The van der Waals surface area contributed by atoms with E-state index in [0.29, 0.717) is 0 Å². The topological polar surface area (TPSA) is 28.2 Å². The molecular formula is C10H17N3. The van der Waals surface area contributed by atoms with E-state index in [1.165, 1.54) is 5.69 Å². The minimum Gasteiger partial charge on any atom is -0.372 e. The molecule has 0 fully saturated rings. The van der Waals surface area contributed by atoms with Gasteiger partial charge >= 0.3 is 0 Å². The molecule has 0 unspecified atom stereocenters. The van der Waals surface area contributed by atoms with Crippen LogP contribution in [0.2, 0.25) is 0 Å². The smallest absolute Gasteiger partial charge is 0.0605 e. The fourth-order valence-corrected chi connectivity index (χ4v) is 1.28. The fraction of sp³-hybridized carbons (Fsp3) is 0.500. The maximum absolute atomic E-state index is 4.25. The van der Waals surface area contributed by atoms with E-state index in [1.807, 2.05) is 26.2 Å². The lowest BCUT2D eigenvalue weighted by molar-refractivity contribution is 0.765. The highest BCUT2D eigenvalue weighted by Gasteiger charge is 2.02. The van der Waals surface area contributed by atoms with E-state index in [0.717, 1.165) is 18.8 Å². The van der Waals surface area contributed by atoms with Crippen LogP contribution in [0.4, 0.5) is 5.69 Å². The number of hydrogen-bond acceptors (Lipinski definition) is 3. The number of nitrogens with zero attached hydrogens (tertiary/aromatic N) is 2. The van der Waals surface area contributed by atoms with Crippen molar-refractivity contribution in [1.82, 2.24) is 10.3 Å². The van der Waals surface area contributed by atoms with Gasteiger partial charge in [-0.15, -0.1) is 0 Å². The second-order valence-electron chi connectivity index (χ2n) is 3.13. The minimum atomic E-state index is 0.991. The van der Waals surface area contributed by atoms with Crippen LogP contribution in [0, 0.1) is 6.92 Å². The van der Waals surface area contributed by atoms with Crippen molar-refractivity contribution >= 4 is 5.69 Å². The Hall–Kier alpha value is -1.09. The van der Waals surface area contributed by atoms with Gasteiger partial charge < -0.3 is 10.2 Å². The van der Waals surface area contributed by atoms with Crippen molar-refractivity contribution in [3.05, 3.63) is 24.0 Å². The summed E-state index contributed by atoms with van der Waals surface area (Å²) in [6, 6.07) is 4.07. The van der Waals surface area contributed by atoms with Crippen molar-refractivity contribution < 1.29 is 0 Å². The molecule has 0 spiro atoms. The summed E-state index contributed by atoms with van der Waals surface area (Å²) in [5.74, 6) is 0. The Morgan fingerprint density at radius 3 is 2.92 bits per heavy atom. The molecule has 3 nitrogen and oxygen atoms in total. The van der Waals surface area contributed by atoms with E-state index in [-0.39, 0.29) is 0 Å². The van der Waals surface area contributed by atoms with Crippen molar-refractivity contribution in [3.8, 4) is 0 Å². The number of anilines is 1. The van der Waals surface area contributed by atoms with Crippen LogP contribution in [0.1, 0.15) is 5.69 Å². The third-order valence-corrected chi connectivity index (χ3v) is 2.09.